The first-order chi connectivity index (χ1) is 39.7. The molecule has 0 radical (unpaired) electrons. The summed E-state index contributed by atoms with van der Waals surface area (Å²) in [6.45, 7) is 18.9. The molecule has 0 rings (SSSR count). The monoisotopic (exact) mass is 1120 g/mol. The van der Waals surface area contributed by atoms with Gasteiger partial charge in [-0.3, -0.25) is 0 Å². The first-order valence-electron chi connectivity index (χ1n) is 36.6. The number of rotatable bonds is 66. The van der Waals surface area contributed by atoms with Crippen molar-refractivity contribution in [2.24, 2.45) is 0 Å². The minimum atomic E-state index is 0.304. The molecule has 3 heteroatoms. The second kappa shape index (κ2) is 77.3. The third-order valence-corrected chi connectivity index (χ3v) is 16.3. The summed E-state index contributed by atoms with van der Waals surface area (Å²) in [5.74, 6) is 0. The number of allylic oxidation sites excluding steroid dienone is 12. The molecule has 0 fully saturated rings. The van der Waals surface area contributed by atoms with E-state index < -0.39 is 0 Å². The number of aliphatic hydroxyl groups is 1. The molecule has 0 aliphatic heterocycles. The third kappa shape index (κ3) is 74.3. The average molecular weight is 1120 g/mol. The minimum Gasteiger partial charge on any atom is -0.395 e. The van der Waals surface area contributed by atoms with Gasteiger partial charge in [0.25, 0.3) is 0 Å². The summed E-state index contributed by atoms with van der Waals surface area (Å²) in [6, 6.07) is 0. The molecule has 0 unspecified atom stereocenters. The number of hydrogen-bond acceptors (Lipinski definition) is 3. The zero-order chi connectivity index (χ0) is 58.1. The molecule has 0 spiro atoms. The molecule has 0 aliphatic rings. The predicted octanol–water partition coefficient (Wildman–Crippen LogP) is 25.7. The second-order valence-electron chi connectivity index (χ2n) is 24.5. The van der Waals surface area contributed by atoms with Gasteiger partial charge in [-0.2, -0.15) is 0 Å². The van der Waals surface area contributed by atoms with Gasteiger partial charge in [0.1, 0.15) is 0 Å². The quantitative estimate of drug-likeness (QED) is 0.0486. The maximum absolute atomic E-state index is 9.45. The van der Waals surface area contributed by atoms with Crippen LogP contribution in [0.3, 0.4) is 0 Å². The van der Waals surface area contributed by atoms with Crippen molar-refractivity contribution in [2.45, 2.75) is 375 Å². The Hall–Kier alpha value is -1.68. The lowest BCUT2D eigenvalue weighted by Gasteiger charge is -2.21. The van der Waals surface area contributed by atoms with Gasteiger partial charge < -0.3 is 14.9 Å². The molecule has 0 saturated carbocycles. The molecular weight excluding hydrogens is 969 g/mol. The first kappa shape index (κ1) is 80.4. The average Bonchev–Trinajstić information content (AvgIpc) is 3.46. The molecule has 0 heterocycles. The van der Waals surface area contributed by atoms with Crippen molar-refractivity contribution in [1.82, 2.24) is 9.80 Å². The van der Waals surface area contributed by atoms with Gasteiger partial charge in [-0.05, 0) is 180 Å². The van der Waals surface area contributed by atoms with Crippen LogP contribution in [0.5, 0.6) is 0 Å². The molecule has 472 valence electrons. The molecule has 0 bridgehead atoms. The molecule has 0 amide bonds. The van der Waals surface area contributed by atoms with Gasteiger partial charge in [-0.25, -0.2) is 0 Å². The number of unbranched alkanes of at least 4 members (excludes halogenated alkanes) is 42. The normalized spacial score (nSPS) is 12.3. The van der Waals surface area contributed by atoms with Crippen LogP contribution >= 0.6 is 0 Å². The fraction of sp³-hybridized carbons (Fsp3) is 0.844. The SMILES string of the molecule is CCCCC/C=C\C/C=C\CCCCCCCCN(CCC)CCCCCCCC/C=C\C/C=C\CCCCC.CCCCCCCC/C=C\CCCCCCCCN(CCO)CCCCCCCC/C=C\CCCCCCCC. The Morgan fingerprint density at radius 3 is 0.613 bits per heavy atom. The first-order valence-corrected chi connectivity index (χ1v) is 36.6. The number of hydrogen-bond donors (Lipinski definition) is 1. The highest BCUT2D eigenvalue weighted by atomic mass is 16.3. The van der Waals surface area contributed by atoms with Crippen LogP contribution < -0.4 is 0 Å². The lowest BCUT2D eigenvalue weighted by Crippen LogP contribution is -2.29. The van der Waals surface area contributed by atoms with Crippen LogP contribution in [0.2, 0.25) is 0 Å². The van der Waals surface area contributed by atoms with Crippen LogP contribution in [0.1, 0.15) is 375 Å². The fourth-order valence-electron chi connectivity index (χ4n) is 10.9. The molecule has 0 atom stereocenters. The standard InChI is InChI=1S/C39H73N.C38H75NO/c1-4-7-9-11-13-15-17-19-21-23-25-27-29-31-33-35-38-40(37-6-3)39-36-34-32-30-28-26-24-22-20-18-16-14-12-10-8-5-2;1-3-5-7-9-11-13-15-17-19-21-23-25-27-29-31-33-35-39(37-38-40)36-34-32-30-28-26-24-22-20-18-16-14-12-10-8-6-4-2/h13-16,19-22H,4-12,17-18,23-39H2,1-3H3;17-20,40H,3-16,21-38H2,1-2H3/b15-13-,16-14-,21-19-,22-20-;19-17-,20-18-. The van der Waals surface area contributed by atoms with E-state index in [1.165, 1.54) is 360 Å². The van der Waals surface area contributed by atoms with Crippen LogP contribution in [0, 0.1) is 0 Å². The largest absolute Gasteiger partial charge is 0.395 e. The van der Waals surface area contributed by atoms with E-state index >= 15 is 0 Å². The predicted molar refractivity (Wildman–Crippen MR) is 368 cm³/mol. The van der Waals surface area contributed by atoms with E-state index in [0.29, 0.717) is 6.61 Å². The van der Waals surface area contributed by atoms with Gasteiger partial charge in [0, 0.05) is 6.54 Å². The van der Waals surface area contributed by atoms with Crippen molar-refractivity contribution in [2.75, 3.05) is 45.9 Å². The van der Waals surface area contributed by atoms with Crippen molar-refractivity contribution >= 4 is 0 Å². The van der Waals surface area contributed by atoms with E-state index in [1.54, 1.807) is 0 Å². The van der Waals surface area contributed by atoms with Crippen LogP contribution in [0.25, 0.3) is 0 Å². The van der Waals surface area contributed by atoms with Crippen molar-refractivity contribution in [3.8, 4) is 0 Å². The van der Waals surface area contributed by atoms with Gasteiger partial charge >= 0.3 is 0 Å². The molecule has 0 aromatic rings. The number of aliphatic hydroxyl groups excluding tert-OH is 1. The van der Waals surface area contributed by atoms with Gasteiger partial charge in [0.05, 0.1) is 6.61 Å². The maximum atomic E-state index is 9.45. The molecule has 0 aromatic carbocycles. The molecule has 0 saturated heterocycles. The zero-order valence-electron chi connectivity index (χ0n) is 55.7. The molecule has 3 nitrogen and oxygen atoms in total. The lowest BCUT2D eigenvalue weighted by atomic mass is 10.1. The van der Waals surface area contributed by atoms with E-state index in [9.17, 15) is 5.11 Å². The Bertz CT molecular complexity index is 1170. The Morgan fingerprint density at radius 2 is 0.375 bits per heavy atom. The summed E-state index contributed by atoms with van der Waals surface area (Å²) in [6.07, 6.45) is 100. The lowest BCUT2D eigenvalue weighted by molar-refractivity contribution is 0.190. The number of nitrogens with zero attached hydrogens (tertiary/aromatic N) is 2. The smallest absolute Gasteiger partial charge is 0.0558 e. The minimum absolute atomic E-state index is 0.304. The second-order valence-corrected chi connectivity index (χ2v) is 24.5. The van der Waals surface area contributed by atoms with E-state index in [1.807, 2.05) is 0 Å². The van der Waals surface area contributed by atoms with Crippen LogP contribution in [-0.2, 0) is 0 Å². The summed E-state index contributed by atoms with van der Waals surface area (Å²) in [5, 5.41) is 9.45. The Labute approximate surface area is 506 Å². The molecular formula is C77H148N2O. The van der Waals surface area contributed by atoms with E-state index in [2.05, 4.69) is 117 Å². The van der Waals surface area contributed by atoms with Gasteiger partial charge in [0.15, 0.2) is 0 Å². The highest BCUT2D eigenvalue weighted by Crippen LogP contribution is 2.15. The topological polar surface area (TPSA) is 26.7 Å². The Morgan fingerprint density at radius 1 is 0.188 bits per heavy atom. The summed E-state index contributed by atoms with van der Waals surface area (Å²) < 4.78 is 0. The Kier molecular flexibility index (Phi) is 77.7. The molecule has 0 aliphatic carbocycles. The van der Waals surface area contributed by atoms with E-state index in [-0.39, 0.29) is 0 Å². The zero-order valence-corrected chi connectivity index (χ0v) is 55.7. The summed E-state index contributed by atoms with van der Waals surface area (Å²) in [7, 11) is 0. The molecule has 0 aromatic heterocycles. The van der Waals surface area contributed by atoms with Crippen LogP contribution in [-0.4, -0.2) is 60.8 Å². The maximum Gasteiger partial charge on any atom is 0.0558 e. The molecule has 80 heavy (non-hydrogen) atoms. The van der Waals surface area contributed by atoms with Crippen molar-refractivity contribution < 1.29 is 5.11 Å². The summed E-state index contributed by atoms with van der Waals surface area (Å²) in [5.41, 5.74) is 0. The van der Waals surface area contributed by atoms with Gasteiger partial charge in [0.2, 0.25) is 0 Å². The van der Waals surface area contributed by atoms with Crippen LogP contribution in [0.4, 0.5) is 0 Å². The van der Waals surface area contributed by atoms with E-state index in [0.717, 1.165) is 19.4 Å². The van der Waals surface area contributed by atoms with Gasteiger partial charge in [-0.15, -0.1) is 0 Å². The van der Waals surface area contributed by atoms with E-state index in [4.69, 9.17) is 0 Å². The van der Waals surface area contributed by atoms with Crippen molar-refractivity contribution in [1.29, 1.82) is 0 Å². The molecule has 1 N–H and O–H groups in total. The van der Waals surface area contributed by atoms with Crippen LogP contribution in [0.15, 0.2) is 72.9 Å². The summed E-state index contributed by atoms with van der Waals surface area (Å²) in [4.78, 5) is 5.25. The van der Waals surface area contributed by atoms with Gasteiger partial charge in [-0.1, -0.05) is 300 Å². The fourth-order valence-corrected chi connectivity index (χ4v) is 10.9. The van der Waals surface area contributed by atoms with Crippen molar-refractivity contribution in [3.05, 3.63) is 72.9 Å². The Balaban J connectivity index is 0. The summed E-state index contributed by atoms with van der Waals surface area (Å²) >= 11 is 0. The highest BCUT2D eigenvalue weighted by Gasteiger charge is 2.06. The van der Waals surface area contributed by atoms with Crippen molar-refractivity contribution in [3.63, 3.8) is 0 Å². The highest BCUT2D eigenvalue weighted by molar-refractivity contribution is 4.93. The third-order valence-electron chi connectivity index (χ3n) is 16.3.